The Kier molecular flexibility index (Phi) is 6.12. The molecular formula is C18H22N4O5S. The molecule has 0 aliphatic carbocycles. The first kappa shape index (κ1) is 20.1. The second-order valence-corrected chi connectivity index (χ2v) is 8.02. The van der Waals surface area contributed by atoms with Crippen molar-refractivity contribution < 1.29 is 22.7 Å². The van der Waals surface area contributed by atoms with Crippen molar-refractivity contribution in [2.45, 2.75) is 4.90 Å². The lowest BCUT2D eigenvalue weighted by molar-refractivity contribution is -0.111. The summed E-state index contributed by atoms with van der Waals surface area (Å²) in [6, 6.07) is 6.15. The van der Waals surface area contributed by atoms with Gasteiger partial charge in [-0.25, -0.2) is 8.42 Å². The Morgan fingerprint density at radius 2 is 2.04 bits per heavy atom. The molecule has 0 bridgehead atoms. The lowest BCUT2D eigenvalue weighted by Crippen LogP contribution is -2.40. The first-order chi connectivity index (χ1) is 13.4. The Morgan fingerprint density at radius 3 is 2.68 bits per heavy atom. The molecule has 2 heterocycles. The SMILES string of the molecule is COc1ccc(S(=O)(=O)N2CCOCC2)cc1NC(=O)/C=C/c1ccnn1C. The van der Waals surface area contributed by atoms with E-state index in [9.17, 15) is 13.2 Å². The lowest BCUT2D eigenvalue weighted by Gasteiger charge is -2.26. The van der Waals surface area contributed by atoms with Gasteiger partial charge in [-0.15, -0.1) is 0 Å². The van der Waals surface area contributed by atoms with Gasteiger partial charge in [0, 0.05) is 32.4 Å². The second kappa shape index (κ2) is 8.55. The molecular weight excluding hydrogens is 384 g/mol. The summed E-state index contributed by atoms with van der Waals surface area (Å²) < 4.78 is 39.1. The largest absolute Gasteiger partial charge is 0.495 e. The number of morpholine rings is 1. The predicted octanol–water partition coefficient (Wildman–Crippen LogP) is 1.10. The quantitative estimate of drug-likeness (QED) is 0.721. The Labute approximate surface area is 163 Å². The van der Waals surface area contributed by atoms with Crippen LogP contribution in [0.3, 0.4) is 0 Å². The van der Waals surface area contributed by atoms with Crippen LogP contribution in [0, 0.1) is 0 Å². The van der Waals surface area contributed by atoms with E-state index in [1.807, 2.05) is 0 Å². The topological polar surface area (TPSA) is 103 Å². The molecule has 0 radical (unpaired) electrons. The van der Waals surface area contributed by atoms with Gasteiger partial charge in [-0.05, 0) is 30.3 Å². The summed E-state index contributed by atoms with van der Waals surface area (Å²) in [7, 11) is -0.466. The molecule has 3 rings (SSSR count). The fourth-order valence-electron chi connectivity index (χ4n) is 2.76. The van der Waals surface area contributed by atoms with Crippen molar-refractivity contribution in [2.24, 2.45) is 7.05 Å². The number of hydrogen-bond donors (Lipinski definition) is 1. The molecule has 1 amide bonds. The Balaban J connectivity index is 1.82. The molecule has 0 spiro atoms. The van der Waals surface area contributed by atoms with Crippen LogP contribution in [-0.2, 0) is 26.6 Å². The van der Waals surface area contributed by atoms with Crippen LogP contribution in [0.25, 0.3) is 6.08 Å². The van der Waals surface area contributed by atoms with Crippen LogP contribution in [0.1, 0.15) is 5.69 Å². The monoisotopic (exact) mass is 406 g/mol. The van der Waals surface area contributed by atoms with Crippen molar-refractivity contribution in [3.05, 3.63) is 42.2 Å². The average molecular weight is 406 g/mol. The van der Waals surface area contributed by atoms with E-state index >= 15 is 0 Å². The van der Waals surface area contributed by atoms with Crippen molar-refractivity contribution in [1.82, 2.24) is 14.1 Å². The standard InChI is InChI=1S/C18H22N4O5S/c1-21-14(7-8-19-21)3-6-18(23)20-16-13-15(4-5-17(16)26-2)28(24,25)22-9-11-27-12-10-22/h3-8,13H,9-12H2,1-2H3,(H,20,23)/b6-3+. The van der Waals surface area contributed by atoms with E-state index < -0.39 is 15.9 Å². The molecule has 1 saturated heterocycles. The summed E-state index contributed by atoms with van der Waals surface area (Å²) in [6.07, 6.45) is 4.59. The van der Waals surface area contributed by atoms with Crippen molar-refractivity contribution in [1.29, 1.82) is 0 Å². The number of anilines is 1. The van der Waals surface area contributed by atoms with E-state index in [0.29, 0.717) is 32.1 Å². The molecule has 9 nitrogen and oxygen atoms in total. The van der Waals surface area contributed by atoms with Crippen LogP contribution in [-0.4, -0.2) is 61.8 Å². The third-order valence-electron chi connectivity index (χ3n) is 4.30. The van der Waals surface area contributed by atoms with Crippen LogP contribution in [0.5, 0.6) is 5.75 Å². The minimum absolute atomic E-state index is 0.0844. The third-order valence-corrected chi connectivity index (χ3v) is 6.20. The highest BCUT2D eigenvalue weighted by molar-refractivity contribution is 7.89. The van der Waals surface area contributed by atoms with Crippen LogP contribution in [0.15, 0.2) is 41.4 Å². The fraction of sp³-hybridized carbons (Fsp3) is 0.333. The summed E-state index contributed by atoms with van der Waals surface area (Å²) in [5.74, 6) is -0.0522. The summed E-state index contributed by atoms with van der Waals surface area (Å²) in [6.45, 7) is 1.31. The smallest absolute Gasteiger partial charge is 0.248 e. The van der Waals surface area contributed by atoms with Crippen LogP contribution < -0.4 is 10.1 Å². The van der Waals surface area contributed by atoms with Crippen LogP contribution >= 0.6 is 0 Å². The number of amides is 1. The van der Waals surface area contributed by atoms with Gasteiger partial charge in [-0.3, -0.25) is 9.48 Å². The van der Waals surface area contributed by atoms with E-state index in [4.69, 9.17) is 9.47 Å². The number of aromatic nitrogens is 2. The second-order valence-electron chi connectivity index (χ2n) is 6.08. The molecule has 1 aromatic heterocycles. The normalized spacial score (nSPS) is 15.6. The zero-order valence-corrected chi connectivity index (χ0v) is 16.5. The summed E-state index contributed by atoms with van der Waals surface area (Å²) in [4.78, 5) is 12.4. The summed E-state index contributed by atoms with van der Waals surface area (Å²) in [5, 5.41) is 6.69. The van der Waals surface area contributed by atoms with E-state index in [-0.39, 0.29) is 10.6 Å². The number of aryl methyl sites for hydroxylation is 1. The van der Waals surface area contributed by atoms with E-state index in [1.165, 1.54) is 35.7 Å². The number of ether oxygens (including phenoxy) is 2. The van der Waals surface area contributed by atoms with Gasteiger partial charge in [-0.1, -0.05) is 0 Å². The number of methoxy groups -OCH3 is 1. The first-order valence-electron chi connectivity index (χ1n) is 8.65. The zero-order valence-electron chi connectivity index (χ0n) is 15.7. The first-order valence-corrected chi connectivity index (χ1v) is 10.1. The molecule has 0 saturated carbocycles. The number of carbonyl (C=O) groups is 1. The number of hydrogen-bond acceptors (Lipinski definition) is 6. The summed E-state index contributed by atoms with van der Waals surface area (Å²) >= 11 is 0. The number of carbonyl (C=O) groups excluding carboxylic acids is 1. The molecule has 0 unspecified atom stereocenters. The molecule has 2 aromatic rings. The Morgan fingerprint density at radius 1 is 1.29 bits per heavy atom. The maximum atomic E-state index is 12.8. The van der Waals surface area contributed by atoms with Gasteiger partial charge in [0.2, 0.25) is 15.9 Å². The van der Waals surface area contributed by atoms with Gasteiger partial charge in [0.05, 0.1) is 36.6 Å². The maximum Gasteiger partial charge on any atom is 0.248 e. The maximum absolute atomic E-state index is 12.8. The van der Waals surface area contributed by atoms with Gasteiger partial charge in [0.1, 0.15) is 5.75 Å². The molecule has 10 heteroatoms. The van der Waals surface area contributed by atoms with Gasteiger partial charge in [0.15, 0.2) is 0 Å². The lowest BCUT2D eigenvalue weighted by atomic mass is 10.3. The van der Waals surface area contributed by atoms with E-state index in [2.05, 4.69) is 10.4 Å². The average Bonchev–Trinajstić information content (AvgIpc) is 3.12. The predicted molar refractivity (Wildman–Crippen MR) is 103 cm³/mol. The molecule has 1 fully saturated rings. The molecule has 1 aromatic carbocycles. The van der Waals surface area contributed by atoms with Crippen LogP contribution in [0.2, 0.25) is 0 Å². The van der Waals surface area contributed by atoms with Crippen molar-refractivity contribution in [3.8, 4) is 5.75 Å². The zero-order chi connectivity index (χ0) is 20.1. The van der Waals surface area contributed by atoms with E-state index in [0.717, 1.165) is 5.69 Å². The van der Waals surface area contributed by atoms with Crippen molar-refractivity contribution >= 4 is 27.7 Å². The van der Waals surface area contributed by atoms with Crippen molar-refractivity contribution in [3.63, 3.8) is 0 Å². The molecule has 150 valence electrons. The Bertz CT molecular complexity index is 978. The van der Waals surface area contributed by atoms with E-state index in [1.54, 1.807) is 30.1 Å². The number of benzene rings is 1. The molecule has 28 heavy (non-hydrogen) atoms. The van der Waals surface area contributed by atoms with Gasteiger partial charge < -0.3 is 14.8 Å². The summed E-state index contributed by atoms with van der Waals surface area (Å²) in [5.41, 5.74) is 1.03. The molecule has 1 N–H and O–H groups in total. The Hall–Kier alpha value is -2.69. The van der Waals surface area contributed by atoms with Gasteiger partial charge in [0.25, 0.3) is 0 Å². The van der Waals surface area contributed by atoms with Gasteiger partial charge in [-0.2, -0.15) is 9.40 Å². The molecule has 1 aliphatic heterocycles. The number of nitrogens with one attached hydrogen (secondary N) is 1. The number of rotatable bonds is 6. The minimum atomic E-state index is -3.68. The fourth-order valence-corrected chi connectivity index (χ4v) is 4.20. The highest BCUT2D eigenvalue weighted by atomic mass is 32.2. The highest BCUT2D eigenvalue weighted by Gasteiger charge is 2.27. The van der Waals surface area contributed by atoms with Gasteiger partial charge >= 0.3 is 0 Å². The number of nitrogens with zero attached hydrogens (tertiary/aromatic N) is 3. The van der Waals surface area contributed by atoms with Crippen molar-refractivity contribution in [2.75, 3.05) is 38.7 Å². The van der Waals surface area contributed by atoms with Crippen LogP contribution in [0.4, 0.5) is 5.69 Å². The number of sulfonamides is 1. The molecule has 1 aliphatic rings. The third kappa shape index (κ3) is 4.41. The highest BCUT2D eigenvalue weighted by Crippen LogP contribution is 2.29. The minimum Gasteiger partial charge on any atom is -0.495 e. The molecule has 0 atom stereocenters.